The van der Waals surface area contributed by atoms with Crippen LogP contribution in [0, 0.1) is 11.8 Å². The number of carbonyl (C=O) groups excluding carboxylic acids is 1. The van der Waals surface area contributed by atoms with E-state index in [1.807, 2.05) is 13.8 Å². The van der Waals surface area contributed by atoms with Gasteiger partial charge in [0.15, 0.2) is 9.84 Å². The maximum Gasteiger partial charge on any atom is 0.308 e. The van der Waals surface area contributed by atoms with Gasteiger partial charge in [-0.1, -0.05) is 26.7 Å². The Morgan fingerprint density at radius 1 is 1.23 bits per heavy atom. The fourth-order valence-electron chi connectivity index (χ4n) is 2.82. The van der Waals surface area contributed by atoms with Crippen molar-refractivity contribution in [2.45, 2.75) is 57.6 Å². The summed E-state index contributed by atoms with van der Waals surface area (Å²) in [5.41, 5.74) is 0. The minimum Gasteiger partial charge on any atom is -0.481 e. The largest absolute Gasteiger partial charge is 0.481 e. The Morgan fingerprint density at radius 3 is 2.32 bits per heavy atom. The molecule has 7 heteroatoms. The Labute approximate surface area is 132 Å². The van der Waals surface area contributed by atoms with Gasteiger partial charge in [-0.3, -0.25) is 9.59 Å². The summed E-state index contributed by atoms with van der Waals surface area (Å²) < 4.78 is 24.1. The minimum absolute atomic E-state index is 0.0514. The molecule has 0 spiro atoms. The van der Waals surface area contributed by atoms with Crippen LogP contribution in [0.1, 0.15) is 52.4 Å². The van der Waals surface area contributed by atoms with Gasteiger partial charge in [0, 0.05) is 13.0 Å². The zero-order valence-corrected chi connectivity index (χ0v) is 14.2. The lowest BCUT2D eigenvalue weighted by Crippen LogP contribution is -2.35. The molecule has 1 atom stereocenters. The first-order chi connectivity index (χ1) is 10.2. The number of nitrogens with one attached hydrogen (secondary N) is 1. The van der Waals surface area contributed by atoms with Crippen molar-refractivity contribution >= 4 is 21.7 Å². The van der Waals surface area contributed by atoms with Gasteiger partial charge in [-0.15, -0.1) is 0 Å². The predicted molar refractivity (Wildman–Crippen MR) is 84.3 cm³/mol. The van der Waals surface area contributed by atoms with Gasteiger partial charge < -0.3 is 10.4 Å². The number of carboxylic acid groups (broad SMARTS) is 1. The maximum absolute atomic E-state index is 12.1. The Hall–Kier alpha value is -1.11. The molecule has 22 heavy (non-hydrogen) atoms. The lowest BCUT2D eigenvalue weighted by Gasteiger charge is -2.16. The molecule has 0 bridgehead atoms. The molecule has 1 aliphatic carbocycles. The molecule has 0 aromatic carbocycles. The molecular formula is C15H27NO5S. The molecule has 2 N–H and O–H groups in total. The van der Waals surface area contributed by atoms with Crippen molar-refractivity contribution in [1.29, 1.82) is 0 Å². The number of carbonyl (C=O) groups is 2. The Kier molecular flexibility index (Phi) is 7.32. The minimum atomic E-state index is -3.21. The zero-order chi connectivity index (χ0) is 16.8. The third-order valence-electron chi connectivity index (χ3n) is 4.07. The molecular weight excluding hydrogens is 306 g/mol. The summed E-state index contributed by atoms with van der Waals surface area (Å²) in [4.78, 5) is 22.8. The molecule has 0 radical (unpaired) electrons. The van der Waals surface area contributed by atoms with Crippen LogP contribution >= 0.6 is 0 Å². The van der Waals surface area contributed by atoms with E-state index in [-0.39, 0.29) is 29.9 Å². The first kappa shape index (κ1) is 18.9. The third-order valence-corrected chi connectivity index (χ3v) is 6.33. The number of carboxylic acids is 1. The van der Waals surface area contributed by atoms with E-state index in [1.54, 1.807) is 0 Å². The molecule has 0 saturated heterocycles. The van der Waals surface area contributed by atoms with E-state index in [0.29, 0.717) is 19.3 Å². The van der Waals surface area contributed by atoms with E-state index in [2.05, 4.69) is 5.32 Å². The van der Waals surface area contributed by atoms with E-state index in [0.717, 1.165) is 12.8 Å². The van der Waals surface area contributed by atoms with Gasteiger partial charge in [-0.25, -0.2) is 8.42 Å². The standard InChI is InChI=1S/C15H27NO5S/c1-11(2)9-12(15(18)19)10-16-14(17)7-8-22(20,21)13-5-3-4-6-13/h11-13H,3-10H2,1-2H3,(H,16,17)(H,18,19). The topological polar surface area (TPSA) is 101 Å². The number of amides is 1. The quantitative estimate of drug-likeness (QED) is 0.667. The van der Waals surface area contributed by atoms with Crippen molar-refractivity contribution in [3.63, 3.8) is 0 Å². The van der Waals surface area contributed by atoms with Crippen molar-refractivity contribution in [2.24, 2.45) is 11.8 Å². The van der Waals surface area contributed by atoms with Crippen LogP contribution in [0.2, 0.25) is 0 Å². The van der Waals surface area contributed by atoms with Gasteiger partial charge >= 0.3 is 5.97 Å². The third kappa shape index (κ3) is 6.34. The molecule has 1 rings (SSSR count). The average molecular weight is 333 g/mol. The van der Waals surface area contributed by atoms with Crippen LogP contribution < -0.4 is 5.32 Å². The van der Waals surface area contributed by atoms with Crippen LogP contribution in [0.15, 0.2) is 0 Å². The van der Waals surface area contributed by atoms with E-state index < -0.39 is 27.6 Å². The van der Waals surface area contributed by atoms with E-state index >= 15 is 0 Å². The average Bonchev–Trinajstić information content (AvgIpc) is 2.95. The second-order valence-corrected chi connectivity index (χ2v) is 8.89. The first-order valence-electron chi connectivity index (χ1n) is 7.93. The summed E-state index contributed by atoms with van der Waals surface area (Å²) in [5, 5.41) is 11.3. The van der Waals surface area contributed by atoms with Crippen LogP contribution in [-0.2, 0) is 19.4 Å². The summed E-state index contributed by atoms with van der Waals surface area (Å²) in [7, 11) is -3.21. The Morgan fingerprint density at radius 2 is 1.82 bits per heavy atom. The van der Waals surface area contributed by atoms with Gasteiger partial charge in [0.1, 0.15) is 0 Å². The summed E-state index contributed by atoms with van der Waals surface area (Å²) in [5.74, 6) is -1.88. The van der Waals surface area contributed by atoms with E-state index in [9.17, 15) is 18.0 Å². The number of aliphatic carboxylic acids is 1. The highest BCUT2D eigenvalue weighted by atomic mass is 32.2. The monoisotopic (exact) mass is 333 g/mol. The molecule has 1 aliphatic rings. The molecule has 0 aliphatic heterocycles. The van der Waals surface area contributed by atoms with Crippen molar-refractivity contribution in [3.05, 3.63) is 0 Å². The van der Waals surface area contributed by atoms with Crippen molar-refractivity contribution in [3.8, 4) is 0 Å². The van der Waals surface area contributed by atoms with Crippen LogP contribution in [0.3, 0.4) is 0 Å². The van der Waals surface area contributed by atoms with E-state index in [4.69, 9.17) is 5.11 Å². The molecule has 0 aromatic rings. The Bertz CT molecular complexity index is 480. The Balaban J connectivity index is 2.37. The molecule has 0 aromatic heterocycles. The first-order valence-corrected chi connectivity index (χ1v) is 9.65. The summed E-state index contributed by atoms with van der Waals surface area (Å²) >= 11 is 0. The molecule has 1 amide bonds. The van der Waals surface area contributed by atoms with E-state index in [1.165, 1.54) is 0 Å². The van der Waals surface area contributed by atoms with Gasteiger partial charge in [0.05, 0.1) is 16.9 Å². The number of hydrogen-bond donors (Lipinski definition) is 2. The van der Waals surface area contributed by atoms with Crippen LogP contribution in [0.25, 0.3) is 0 Å². The summed E-state index contributed by atoms with van der Waals surface area (Å²) in [6.07, 6.45) is 3.65. The van der Waals surface area contributed by atoms with Crippen LogP contribution in [-0.4, -0.2) is 42.9 Å². The maximum atomic E-state index is 12.1. The normalized spacial score (nSPS) is 17.6. The van der Waals surface area contributed by atoms with Crippen molar-refractivity contribution < 1.29 is 23.1 Å². The smallest absolute Gasteiger partial charge is 0.308 e. The number of sulfone groups is 1. The van der Waals surface area contributed by atoms with Gasteiger partial charge in [-0.2, -0.15) is 0 Å². The van der Waals surface area contributed by atoms with Gasteiger partial charge in [0.25, 0.3) is 0 Å². The fourth-order valence-corrected chi connectivity index (χ4v) is 4.67. The lowest BCUT2D eigenvalue weighted by molar-refractivity contribution is -0.142. The lowest BCUT2D eigenvalue weighted by atomic mass is 9.97. The second kappa shape index (κ2) is 8.50. The molecule has 6 nitrogen and oxygen atoms in total. The van der Waals surface area contributed by atoms with Crippen LogP contribution in [0.5, 0.6) is 0 Å². The van der Waals surface area contributed by atoms with Crippen LogP contribution in [0.4, 0.5) is 0 Å². The second-order valence-electron chi connectivity index (χ2n) is 6.49. The highest BCUT2D eigenvalue weighted by Gasteiger charge is 2.29. The van der Waals surface area contributed by atoms with Gasteiger partial charge in [-0.05, 0) is 25.2 Å². The summed E-state index contributed by atoms with van der Waals surface area (Å²) in [6, 6.07) is 0. The molecule has 128 valence electrons. The number of hydrogen-bond acceptors (Lipinski definition) is 4. The summed E-state index contributed by atoms with van der Waals surface area (Å²) in [6.45, 7) is 3.90. The van der Waals surface area contributed by atoms with Crippen molar-refractivity contribution in [1.82, 2.24) is 5.32 Å². The predicted octanol–water partition coefficient (Wildman–Crippen LogP) is 1.60. The highest BCUT2D eigenvalue weighted by molar-refractivity contribution is 7.92. The molecule has 1 saturated carbocycles. The number of rotatable bonds is 9. The fraction of sp³-hybridized carbons (Fsp3) is 0.867. The molecule has 0 heterocycles. The SMILES string of the molecule is CC(C)CC(CNC(=O)CCS(=O)(=O)C1CCCC1)C(=O)O. The molecule has 1 unspecified atom stereocenters. The molecule has 1 fully saturated rings. The van der Waals surface area contributed by atoms with Crippen molar-refractivity contribution in [2.75, 3.05) is 12.3 Å². The zero-order valence-electron chi connectivity index (χ0n) is 13.4. The van der Waals surface area contributed by atoms with Gasteiger partial charge in [0.2, 0.25) is 5.91 Å². The highest BCUT2D eigenvalue weighted by Crippen LogP contribution is 2.25.